The van der Waals surface area contributed by atoms with Crippen LogP contribution in [0.25, 0.3) is 10.4 Å². The second kappa shape index (κ2) is 5.77. The summed E-state index contributed by atoms with van der Waals surface area (Å²) >= 11 is 0. The molecule has 1 saturated carbocycles. The number of ether oxygens (including phenoxy) is 1. The fourth-order valence-electron chi connectivity index (χ4n) is 1.54. The molecule has 96 valence electrons. The molecule has 0 saturated heterocycles. The molecule has 0 unspecified atom stereocenters. The Morgan fingerprint density at radius 2 is 2.24 bits per heavy atom. The zero-order valence-electron chi connectivity index (χ0n) is 10.6. The molecule has 1 aliphatic carbocycles. The van der Waals surface area contributed by atoms with Crippen LogP contribution in [0, 0.1) is 5.92 Å². The van der Waals surface area contributed by atoms with Crippen molar-refractivity contribution in [3.8, 4) is 0 Å². The van der Waals surface area contributed by atoms with Crippen LogP contribution in [-0.2, 0) is 4.74 Å². The first-order valence-corrected chi connectivity index (χ1v) is 5.91. The Morgan fingerprint density at radius 1 is 1.59 bits per heavy atom. The van der Waals surface area contributed by atoms with Crippen LogP contribution in [0.3, 0.4) is 0 Å². The third-order valence-corrected chi connectivity index (χ3v) is 2.40. The van der Waals surface area contributed by atoms with E-state index in [9.17, 15) is 4.79 Å². The van der Waals surface area contributed by atoms with Crippen molar-refractivity contribution >= 4 is 6.09 Å². The van der Waals surface area contributed by atoms with Crippen LogP contribution in [0.5, 0.6) is 0 Å². The van der Waals surface area contributed by atoms with E-state index < -0.39 is 11.7 Å². The number of nitrogens with one attached hydrogen (secondary N) is 1. The van der Waals surface area contributed by atoms with Gasteiger partial charge in [-0.25, -0.2) is 4.79 Å². The molecule has 0 aliphatic heterocycles. The van der Waals surface area contributed by atoms with E-state index in [2.05, 4.69) is 15.3 Å². The summed E-state index contributed by atoms with van der Waals surface area (Å²) in [6.45, 7) is 5.73. The highest BCUT2D eigenvalue weighted by molar-refractivity contribution is 5.68. The van der Waals surface area contributed by atoms with Crippen molar-refractivity contribution in [2.75, 3.05) is 6.54 Å². The van der Waals surface area contributed by atoms with E-state index in [4.69, 9.17) is 10.3 Å². The first-order valence-electron chi connectivity index (χ1n) is 5.91. The van der Waals surface area contributed by atoms with Gasteiger partial charge in [0.15, 0.2) is 0 Å². The van der Waals surface area contributed by atoms with Crippen molar-refractivity contribution in [2.24, 2.45) is 11.0 Å². The van der Waals surface area contributed by atoms with Gasteiger partial charge in [-0.1, -0.05) is 18.0 Å². The quantitative estimate of drug-likeness (QED) is 0.455. The van der Waals surface area contributed by atoms with Crippen molar-refractivity contribution < 1.29 is 9.53 Å². The topological polar surface area (TPSA) is 87.1 Å². The minimum Gasteiger partial charge on any atom is -0.444 e. The summed E-state index contributed by atoms with van der Waals surface area (Å²) in [4.78, 5) is 14.3. The Balaban J connectivity index is 2.40. The normalized spacial score (nSPS) is 16.9. The van der Waals surface area contributed by atoms with Gasteiger partial charge in [-0.05, 0) is 38.6 Å². The molecule has 17 heavy (non-hydrogen) atoms. The molecule has 0 bridgehead atoms. The number of carbonyl (C=O) groups is 1. The van der Waals surface area contributed by atoms with E-state index >= 15 is 0 Å². The van der Waals surface area contributed by atoms with Crippen LogP contribution in [0.1, 0.15) is 40.0 Å². The van der Waals surface area contributed by atoms with E-state index in [0.717, 1.165) is 6.42 Å². The van der Waals surface area contributed by atoms with Gasteiger partial charge in [0.25, 0.3) is 0 Å². The highest BCUT2D eigenvalue weighted by Gasteiger charge is 2.27. The molecule has 0 aromatic rings. The average Bonchev–Trinajstić information content (AvgIpc) is 2.94. The summed E-state index contributed by atoms with van der Waals surface area (Å²) in [6, 6.07) is -0.117. The molecule has 0 aromatic heterocycles. The Bertz CT molecular complexity index is 314. The maximum absolute atomic E-state index is 11.6. The predicted octanol–water partition coefficient (Wildman–Crippen LogP) is 2.99. The van der Waals surface area contributed by atoms with E-state index in [-0.39, 0.29) is 12.6 Å². The van der Waals surface area contributed by atoms with E-state index in [1.165, 1.54) is 12.8 Å². The number of nitrogens with zero attached hydrogens (tertiary/aromatic N) is 3. The average molecular weight is 240 g/mol. The SMILES string of the molecule is CC(C)(C)OC(=O)N[C@H](CN=[N+]=[N-])CC1CC1. The van der Waals surface area contributed by atoms with Gasteiger partial charge in [0.2, 0.25) is 0 Å². The minimum absolute atomic E-state index is 0.117. The lowest BCUT2D eigenvalue weighted by Crippen LogP contribution is -2.40. The van der Waals surface area contributed by atoms with Crippen LogP contribution in [0.15, 0.2) is 5.11 Å². The van der Waals surface area contributed by atoms with Gasteiger partial charge in [0.05, 0.1) is 0 Å². The standard InChI is InChI=1S/C11H20N4O2/c1-11(2,3)17-10(16)14-9(7-13-15-12)6-8-4-5-8/h8-9H,4-7H2,1-3H3,(H,14,16)/t9-/m0/s1. The van der Waals surface area contributed by atoms with Crippen LogP contribution >= 0.6 is 0 Å². The van der Waals surface area contributed by atoms with Gasteiger partial charge < -0.3 is 10.1 Å². The molecule has 1 N–H and O–H groups in total. The fourth-order valence-corrected chi connectivity index (χ4v) is 1.54. The molecule has 1 rings (SSSR count). The molecular weight excluding hydrogens is 220 g/mol. The highest BCUT2D eigenvalue weighted by Crippen LogP contribution is 2.33. The fraction of sp³-hybridized carbons (Fsp3) is 0.909. The number of azide groups is 1. The Hall–Kier alpha value is -1.42. The molecule has 0 aromatic carbocycles. The molecule has 1 fully saturated rings. The zero-order valence-corrected chi connectivity index (χ0v) is 10.6. The maximum Gasteiger partial charge on any atom is 0.407 e. The smallest absolute Gasteiger partial charge is 0.407 e. The lowest BCUT2D eigenvalue weighted by Gasteiger charge is -2.22. The molecule has 0 radical (unpaired) electrons. The number of carbonyl (C=O) groups excluding carboxylic acids is 1. The summed E-state index contributed by atoms with van der Waals surface area (Å²) in [7, 11) is 0. The second-order valence-electron chi connectivity index (χ2n) is 5.44. The van der Waals surface area contributed by atoms with Crippen LogP contribution in [0.2, 0.25) is 0 Å². The third-order valence-electron chi connectivity index (χ3n) is 2.40. The first-order chi connectivity index (χ1) is 7.90. The summed E-state index contributed by atoms with van der Waals surface area (Å²) in [5.74, 6) is 0.656. The highest BCUT2D eigenvalue weighted by atomic mass is 16.6. The largest absolute Gasteiger partial charge is 0.444 e. The van der Waals surface area contributed by atoms with Crippen LogP contribution in [-0.4, -0.2) is 24.3 Å². The van der Waals surface area contributed by atoms with Crippen molar-refractivity contribution in [3.63, 3.8) is 0 Å². The van der Waals surface area contributed by atoms with E-state index in [1.54, 1.807) is 0 Å². The summed E-state index contributed by atoms with van der Waals surface area (Å²) in [6.07, 6.45) is 2.81. The number of rotatable bonds is 5. The molecule has 0 spiro atoms. The van der Waals surface area contributed by atoms with Gasteiger partial charge in [0.1, 0.15) is 5.60 Å². The Labute approximate surface area is 101 Å². The monoisotopic (exact) mass is 240 g/mol. The minimum atomic E-state index is -0.507. The molecule has 1 amide bonds. The number of amides is 1. The van der Waals surface area contributed by atoms with E-state index in [1.807, 2.05) is 20.8 Å². The number of hydrogen-bond acceptors (Lipinski definition) is 3. The van der Waals surface area contributed by atoms with Gasteiger partial charge >= 0.3 is 6.09 Å². The van der Waals surface area contributed by atoms with E-state index in [0.29, 0.717) is 5.92 Å². The number of hydrogen-bond donors (Lipinski definition) is 1. The lowest BCUT2D eigenvalue weighted by molar-refractivity contribution is 0.0502. The first kappa shape index (κ1) is 13.6. The second-order valence-corrected chi connectivity index (χ2v) is 5.44. The van der Waals surface area contributed by atoms with Crippen molar-refractivity contribution in [1.82, 2.24) is 5.32 Å². The van der Waals surface area contributed by atoms with Gasteiger partial charge in [-0.3, -0.25) is 0 Å². The lowest BCUT2D eigenvalue weighted by atomic mass is 10.1. The summed E-state index contributed by atoms with van der Waals surface area (Å²) < 4.78 is 5.17. The summed E-state index contributed by atoms with van der Waals surface area (Å²) in [5, 5.41) is 6.27. The van der Waals surface area contributed by atoms with Crippen molar-refractivity contribution in [3.05, 3.63) is 10.4 Å². The van der Waals surface area contributed by atoms with Gasteiger partial charge in [0, 0.05) is 17.5 Å². The molecule has 0 heterocycles. The molecule has 1 aliphatic rings. The molecule has 6 heteroatoms. The number of alkyl carbamates (subject to hydrolysis) is 1. The summed E-state index contributed by atoms with van der Waals surface area (Å²) in [5.41, 5.74) is 7.79. The van der Waals surface area contributed by atoms with Crippen molar-refractivity contribution in [1.29, 1.82) is 0 Å². The predicted molar refractivity (Wildman–Crippen MR) is 64.5 cm³/mol. The zero-order chi connectivity index (χ0) is 12.9. The third kappa shape index (κ3) is 6.68. The van der Waals surface area contributed by atoms with Crippen molar-refractivity contribution in [2.45, 2.75) is 51.7 Å². The maximum atomic E-state index is 11.6. The Morgan fingerprint density at radius 3 is 2.71 bits per heavy atom. The molecular formula is C11H20N4O2. The van der Waals surface area contributed by atoms with Gasteiger partial charge in [-0.15, -0.1) is 0 Å². The molecule has 1 atom stereocenters. The van der Waals surface area contributed by atoms with Gasteiger partial charge in [-0.2, -0.15) is 0 Å². The Kier molecular flexibility index (Phi) is 4.63. The van der Waals surface area contributed by atoms with Crippen LogP contribution in [0.4, 0.5) is 4.79 Å². The van der Waals surface area contributed by atoms with Crippen LogP contribution < -0.4 is 5.32 Å². The molecule has 6 nitrogen and oxygen atoms in total.